The summed E-state index contributed by atoms with van der Waals surface area (Å²) in [5.41, 5.74) is -0.747. The summed E-state index contributed by atoms with van der Waals surface area (Å²) in [6.45, 7) is 7.40. The van der Waals surface area contributed by atoms with Crippen molar-refractivity contribution in [2.24, 2.45) is 5.41 Å². The van der Waals surface area contributed by atoms with E-state index in [1.54, 1.807) is 20.9 Å². The molecular formula is C12H20N2O3. The van der Waals surface area contributed by atoms with E-state index in [1.807, 2.05) is 0 Å². The summed E-state index contributed by atoms with van der Waals surface area (Å²) in [4.78, 5) is 27.2. The maximum atomic E-state index is 12.2. The Hall–Kier alpha value is -1.10. The molecule has 2 heterocycles. The zero-order valence-electron chi connectivity index (χ0n) is 10.9. The van der Waals surface area contributed by atoms with Crippen molar-refractivity contribution in [2.45, 2.75) is 32.7 Å². The first-order valence-corrected chi connectivity index (χ1v) is 6.01. The molecule has 17 heavy (non-hydrogen) atoms. The summed E-state index contributed by atoms with van der Waals surface area (Å²) in [5.74, 6) is -0.107. The van der Waals surface area contributed by atoms with Crippen LogP contribution in [0.2, 0.25) is 0 Å². The standard InChI is InChI=1S/C12H20N2O3/c1-5-12(7-17-8-12)6-14-9(15)11(2,3)13(4)10(14)16/h5-8H2,1-4H3. The smallest absolute Gasteiger partial charge is 0.327 e. The van der Waals surface area contributed by atoms with Crippen molar-refractivity contribution in [3.8, 4) is 0 Å². The Kier molecular flexibility index (Phi) is 2.69. The first-order chi connectivity index (χ1) is 7.84. The molecule has 0 aliphatic carbocycles. The molecular weight excluding hydrogens is 220 g/mol. The van der Waals surface area contributed by atoms with E-state index in [4.69, 9.17) is 4.74 Å². The minimum absolute atomic E-state index is 0.0213. The van der Waals surface area contributed by atoms with Crippen molar-refractivity contribution >= 4 is 11.9 Å². The predicted octanol–water partition coefficient (Wildman–Crippen LogP) is 1.09. The molecule has 2 saturated heterocycles. The maximum Gasteiger partial charge on any atom is 0.327 e. The Balaban J connectivity index is 2.17. The van der Waals surface area contributed by atoms with E-state index in [1.165, 1.54) is 9.80 Å². The van der Waals surface area contributed by atoms with E-state index in [0.29, 0.717) is 19.8 Å². The summed E-state index contributed by atoms with van der Waals surface area (Å²) in [6, 6.07) is -0.195. The van der Waals surface area contributed by atoms with E-state index < -0.39 is 5.54 Å². The van der Waals surface area contributed by atoms with Crippen molar-refractivity contribution in [3.63, 3.8) is 0 Å². The summed E-state index contributed by atoms with van der Waals surface area (Å²) in [7, 11) is 1.68. The van der Waals surface area contributed by atoms with Crippen molar-refractivity contribution in [2.75, 3.05) is 26.8 Å². The zero-order chi connectivity index (χ0) is 12.8. The molecule has 0 atom stereocenters. The molecule has 5 heteroatoms. The Morgan fingerprint density at radius 3 is 2.18 bits per heavy atom. The number of imide groups is 1. The second-order valence-corrected chi connectivity index (χ2v) is 5.64. The van der Waals surface area contributed by atoms with E-state index in [-0.39, 0.29) is 17.4 Å². The molecule has 2 aliphatic heterocycles. The molecule has 0 N–H and O–H groups in total. The first kappa shape index (κ1) is 12.4. The predicted molar refractivity (Wildman–Crippen MR) is 62.5 cm³/mol. The van der Waals surface area contributed by atoms with Gasteiger partial charge in [-0.15, -0.1) is 0 Å². The van der Waals surface area contributed by atoms with Crippen LogP contribution in [0.5, 0.6) is 0 Å². The summed E-state index contributed by atoms with van der Waals surface area (Å²) < 4.78 is 5.23. The lowest BCUT2D eigenvalue weighted by molar-refractivity contribution is -0.144. The molecule has 5 nitrogen and oxygen atoms in total. The van der Waals surface area contributed by atoms with Gasteiger partial charge in [-0.3, -0.25) is 9.69 Å². The van der Waals surface area contributed by atoms with Gasteiger partial charge in [-0.2, -0.15) is 0 Å². The minimum atomic E-state index is -0.726. The molecule has 2 rings (SSSR count). The molecule has 96 valence electrons. The molecule has 0 spiro atoms. The van der Waals surface area contributed by atoms with Gasteiger partial charge in [-0.1, -0.05) is 6.92 Å². The van der Waals surface area contributed by atoms with Gasteiger partial charge in [0.15, 0.2) is 0 Å². The van der Waals surface area contributed by atoms with Crippen molar-refractivity contribution in [3.05, 3.63) is 0 Å². The summed E-state index contributed by atoms with van der Waals surface area (Å²) in [6.07, 6.45) is 0.925. The molecule has 2 aliphatic rings. The third-order valence-electron chi connectivity index (χ3n) is 4.18. The van der Waals surface area contributed by atoms with Gasteiger partial charge < -0.3 is 9.64 Å². The number of likely N-dealkylation sites (N-methyl/N-ethyl adjacent to an activating group) is 1. The molecule has 0 bridgehead atoms. The Morgan fingerprint density at radius 2 is 1.88 bits per heavy atom. The van der Waals surface area contributed by atoms with Gasteiger partial charge in [0, 0.05) is 19.0 Å². The van der Waals surface area contributed by atoms with Crippen molar-refractivity contribution in [1.82, 2.24) is 9.80 Å². The van der Waals surface area contributed by atoms with Crippen LogP contribution in [0.15, 0.2) is 0 Å². The van der Waals surface area contributed by atoms with Gasteiger partial charge in [0.05, 0.1) is 13.2 Å². The summed E-state index contributed by atoms with van der Waals surface area (Å²) >= 11 is 0. The monoisotopic (exact) mass is 240 g/mol. The molecule has 0 saturated carbocycles. The third kappa shape index (κ3) is 1.64. The lowest BCUT2D eigenvalue weighted by Crippen LogP contribution is -2.52. The zero-order valence-corrected chi connectivity index (χ0v) is 10.9. The van der Waals surface area contributed by atoms with Crippen LogP contribution in [-0.4, -0.2) is 54.1 Å². The maximum absolute atomic E-state index is 12.2. The molecule has 0 radical (unpaired) electrons. The fraction of sp³-hybridized carbons (Fsp3) is 0.833. The Morgan fingerprint density at radius 1 is 1.29 bits per heavy atom. The molecule has 0 aromatic carbocycles. The Bertz CT molecular complexity index is 355. The number of ether oxygens (including phenoxy) is 1. The van der Waals surface area contributed by atoms with Gasteiger partial charge in [0.25, 0.3) is 5.91 Å². The van der Waals surface area contributed by atoms with Crippen LogP contribution in [0.3, 0.4) is 0 Å². The molecule has 2 fully saturated rings. The van der Waals surface area contributed by atoms with Crippen LogP contribution in [-0.2, 0) is 9.53 Å². The van der Waals surface area contributed by atoms with Crippen LogP contribution in [0.1, 0.15) is 27.2 Å². The second-order valence-electron chi connectivity index (χ2n) is 5.64. The van der Waals surface area contributed by atoms with Crippen LogP contribution in [0.25, 0.3) is 0 Å². The quantitative estimate of drug-likeness (QED) is 0.694. The first-order valence-electron chi connectivity index (χ1n) is 6.01. The van der Waals surface area contributed by atoms with Gasteiger partial charge in [-0.05, 0) is 20.3 Å². The molecule has 0 unspecified atom stereocenters. The fourth-order valence-corrected chi connectivity index (χ4v) is 2.25. The highest BCUT2D eigenvalue weighted by Crippen LogP contribution is 2.35. The largest absolute Gasteiger partial charge is 0.380 e. The number of carbonyl (C=O) groups excluding carboxylic acids is 2. The van der Waals surface area contributed by atoms with E-state index in [0.717, 1.165) is 6.42 Å². The van der Waals surface area contributed by atoms with E-state index >= 15 is 0 Å². The fourth-order valence-electron chi connectivity index (χ4n) is 2.25. The van der Waals surface area contributed by atoms with Crippen LogP contribution in [0.4, 0.5) is 4.79 Å². The number of urea groups is 1. The van der Waals surface area contributed by atoms with E-state index in [9.17, 15) is 9.59 Å². The van der Waals surface area contributed by atoms with Crippen LogP contribution < -0.4 is 0 Å². The van der Waals surface area contributed by atoms with Gasteiger partial charge in [0.2, 0.25) is 0 Å². The van der Waals surface area contributed by atoms with Gasteiger partial charge >= 0.3 is 6.03 Å². The number of hydrogen-bond donors (Lipinski definition) is 0. The Labute approximate surface area is 102 Å². The minimum Gasteiger partial charge on any atom is -0.380 e. The highest BCUT2D eigenvalue weighted by Gasteiger charge is 2.52. The summed E-state index contributed by atoms with van der Waals surface area (Å²) in [5, 5.41) is 0. The van der Waals surface area contributed by atoms with Crippen molar-refractivity contribution in [1.29, 1.82) is 0 Å². The normalized spacial score (nSPS) is 26.4. The number of amides is 3. The lowest BCUT2D eigenvalue weighted by atomic mass is 9.82. The lowest BCUT2D eigenvalue weighted by Gasteiger charge is -2.42. The number of nitrogens with zero attached hydrogens (tertiary/aromatic N) is 2. The molecule has 0 aromatic rings. The number of carbonyl (C=O) groups is 2. The average molecular weight is 240 g/mol. The van der Waals surface area contributed by atoms with Crippen LogP contribution in [0, 0.1) is 5.41 Å². The second kappa shape index (κ2) is 3.70. The van der Waals surface area contributed by atoms with Gasteiger partial charge in [-0.25, -0.2) is 4.79 Å². The van der Waals surface area contributed by atoms with Crippen molar-refractivity contribution < 1.29 is 14.3 Å². The molecule has 3 amide bonds. The number of hydrogen-bond acceptors (Lipinski definition) is 3. The highest BCUT2D eigenvalue weighted by atomic mass is 16.5. The van der Waals surface area contributed by atoms with E-state index in [2.05, 4.69) is 6.92 Å². The third-order valence-corrected chi connectivity index (χ3v) is 4.18. The van der Waals surface area contributed by atoms with Crippen LogP contribution >= 0.6 is 0 Å². The SMILES string of the molecule is CCC1(CN2C(=O)N(C)C(C)(C)C2=O)COC1. The molecule has 0 aromatic heterocycles. The topological polar surface area (TPSA) is 49.9 Å². The number of rotatable bonds is 3. The highest BCUT2D eigenvalue weighted by molar-refractivity contribution is 6.06. The average Bonchev–Trinajstić information content (AvgIpc) is 2.37. The van der Waals surface area contributed by atoms with Gasteiger partial charge in [0.1, 0.15) is 5.54 Å².